The molecule has 2 aromatic carbocycles. The van der Waals surface area contributed by atoms with Crippen LogP contribution in [0.5, 0.6) is 17.2 Å². The van der Waals surface area contributed by atoms with E-state index >= 15 is 0 Å². The average Bonchev–Trinajstić information content (AvgIpc) is 3.33. The summed E-state index contributed by atoms with van der Waals surface area (Å²) in [6, 6.07) is 11.6. The van der Waals surface area contributed by atoms with Crippen LogP contribution in [0.15, 0.2) is 63.5 Å². The van der Waals surface area contributed by atoms with E-state index in [1.165, 1.54) is 23.0 Å². The standard InChI is InChI=1S/C31H33N3O8S/c1-5-41-30(37)27-19(2)32-31-34(28(27)23-11-10-22(38-3)17-24(23)39-4)29(36)25(43-31)16-20-6-8-21(9-7-20)42-18-26(35)33-12-14-40-15-13-33/h6-11,16-17,28H,5,12-15,18H2,1-4H3/b25-16+/t28-/m0/s1. The highest BCUT2D eigenvalue weighted by Crippen LogP contribution is 2.37. The predicted molar refractivity (Wildman–Crippen MR) is 159 cm³/mol. The van der Waals surface area contributed by atoms with Gasteiger partial charge >= 0.3 is 5.97 Å². The number of hydrogen-bond donors (Lipinski definition) is 0. The molecule has 11 nitrogen and oxygen atoms in total. The van der Waals surface area contributed by atoms with E-state index in [-0.39, 0.29) is 30.3 Å². The predicted octanol–water partition coefficient (Wildman–Crippen LogP) is 2.05. The Kier molecular flexibility index (Phi) is 9.27. The molecule has 0 saturated carbocycles. The van der Waals surface area contributed by atoms with Crippen LogP contribution < -0.4 is 29.1 Å². The van der Waals surface area contributed by atoms with Crippen molar-refractivity contribution >= 4 is 29.3 Å². The van der Waals surface area contributed by atoms with Crippen LogP contribution in [-0.2, 0) is 19.1 Å². The van der Waals surface area contributed by atoms with Gasteiger partial charge in [0.1, 0.15) is 23.3 Å². The largest absolute Gasteiger partial charge is 0.497 e. The second-order valence-electron chi connectivity index (χ2n) is 9.76. The van der Waals surface area contributed by atoms with E-state index in [1.54, 1.807) is 62.3 Å². The number of fused-ring (bicyclic) bond motifs is 1. The summed E-state index contributed by atoms with van der Waals surface area (Å²) in [5.41, 5.74) is 1.77. The third-order valence-corrected chi connectivity index (χ3v) is 8.14. The zero-order valence-corrected chi connectivity index (χ0v) is 25.3. The highest BCUT2D eigenvalue weighted by Gasteiger charge is 2.35. The molecule has 2 aliphatic heterocycles. The van der Waals surface area contributed by atoms with E-state index in [0.717, 1.165) is 5.56 Å². The van der Waals surface area contributed by atoms with Crippen molar-refractivity contribution in [1.29, 1.82) is 0 Å². The molecule has 0 spiro atoms. The van der Waals surface area contributed by atoms with Crippen LogP contribution in [0.3, 0.4) is 0 Å². The van der Waals surface area contributed by atoms with Gasteiger partial charge in [0.25, 0.3) is 11.5 Å². The summed E-state index contributed by atoms with van der Waals surface area (Å²) in [4.78, 5) is 46.3. The highest BCUT2D eigenvalue weighted by molar-refractivity contribution is 7.07. The van der Waals surface area contributed by atoms with E-state index in [4.69, 9.17) is 23.7 Å². The van der Waals surface area contributed by atoms with Gasteiger partial charge in [0.05, 0.1) is 49.8 Å². The molecular weight excluding hydrogens is 574 g/mol. The number of rotatable bonds is 9. The molecule has 226 valence electrons. The van der Waals surface area contributed by atoms with Gasteiger partial charge in [-0.2, -0.15) is 0 Å². The number of benzene rings is 2. The van der Waals surface area contributed by atoms with E-state index < -0.39 is 12.0 Å². The van der Waals surface area contributed by atoms with Gasteiger partial charge < -0.3 is 28.6 Å². The Morgan fingerprint density at radius 1 is 1.07 bits per heavy atom. The quantitative estimate of drug-likeness (QED) is 0.340. The summed E-state index contributed by atoms with van der Waals surface area (Å²) < 4.78 is 29.3. The summed E-state index contributed by atoms with van der Waals surface area (Å²) in [7, 11) is 3.07. The minimum atomic E-state index is -0.821. The van der Waals surface area contributed by atoms with Crippen LogP contribution in [0.2, 0.25) is 0 Å². The maximum atomic E-state index is 13.9. The monoisotopic (exact) mass is 607 g/mol. The normalized spacial score (nSPS) is 16.8. The van der Waals surface area contributed by atoms with Gasteiger partial charge in [-0.1, -0.05) is 23.5 Å². The summed E-state index contributed by atoms with van der Waals surface area (Å²) in [6.07, 6.45) is 1.76. The number of ether oxygens (including phenoxy) is 5. The lowest BCUT2D eigenvalue weighted by atomic mass is 9.95. The van der Waals surface area contributed by atoms with Crippen molar-refractivity contribution in [2.75, 3.05) is 53.7 Å². The average molecular weight is 608 g/mol. The molecule has 0 radical (unpaired) electrons. The van der Waals surface area contributed by atoms with Crippen LogP contribution in [0, 0.1) is 0 Å². The fraction of sp³-hybridized carbons (Fsp3) is 0.355. The lowest BCUT2D eigenvalue weighted by molar-refractivity contribution is -0.139. The van der Waals surface area contributed by atoms with Crippen molar-refractivity contribution in [3.8, 4) is 17.2 Å². The Bertz CT molecular complexity index is 1720. The molecule has 0 unspecified atom stereocenters. The van der Waals surface area contributed by atoms with Gasteiger partial charge in [-0.25, -0.2) is 9.79 Å². The SMILES string of the molecule is CCOC(=O)C1=C(C)N=c2s/c(=C/c3ccc(OCC(=O)N4CCOCC4)cc3)c(=O)n2[C@H]1c1ccc(OC)cc1OC. The Labute approximate surface area is 252 Å². The minimum Gasteiger partial charge on any atom is -0.497 e. The molecule has 1 amide bonds. The first-order valence-electron chi connectivity index (χ1n) is 13.8. The Balaban J connectivity index is 1.48. The number of hydrogen-bond acceptors (Lipinski definition) is 10. The van der Waals surface area contributed by atoms with Crippen LogP contribution in [0.4, 0.5) is 0 Å². The topological polar surface area (TPSA) is 118 Å². The first-order chi connectivity index (χ1) is 20.8. The number of nitrogens with zero attached hydrogens (tertiary/aromatic N) is 3. The van der Waals surface area contributed by atoms with Crippen molar-refractivity contribution in [3.63, 3.8) is 0 Å². The Morgan fingerprint density at radius 2 is 1.79 bits per heavy atom. The smallest absolute Gasteiger partial charge is 0.338 e. The molecular formula is C31H33N3O8S. The molecule has 5 rings (SSSR count). The number of carbonyl (C=O) groups excluding carboxylic acids is 2. The summed E-state index contributed by atoms with van der Waals surface area (Å²) in [5.74, 6) is 0.932. The van der Waals surface area contributed by atoms with Crippen LogP contribution >= 0.6 is 11.3 Å². The van der Waals surface area contributed by atoms with Crippen LogP contribution in [0.25, 0.3) is 6.08 Å². The van der Waals surface area contributed by atoms with Crippen molar-refractivity contribution in [1.82, 2.24) is 9.47 Å². The molecule has 1 saturated heterocycles. The molecule has 1 atom stereocenters. The molecule has 0 aliphatic carbocycles. The number of aromatic nitrogens is 1. The van der Waals surface area contributed by atoms with Crippen molar-refractivity contribution in [3.05, 3.63) is 84.5 Å². The molecule has 12 heteroatoms. The van der Waals surface area contributed by atoms with E-state index in [0.29, 0.717) is 64.1 Å². The molecule has 2 aliphatic rings. The second-order valence-corrected chi connectivity index (χ2v) is 10.8. The number of methoxy groups -OCH3 is 2. The van der Waals surface area contributed by atoms with Gasteiger partial charge in [-0.3, -0.25) is 14.2 Å². The zero-order valence-electron chi connectivity index (χ0n) is 24.5. The van der Waals surface area contributed by atoms with Crippen molar-refractivity contribution in [2.24, 2.45) is 4.99 Å². The summed E-state index contributed by atoms with van der Waals surface area (Å²) in [5, 5.41) is 0. The number of thiazole rings is 1. The molecule has 3 aromatic rings. The molecule has 0 N–H and O–H groups in total. The number of esters is 1. The third kappa shape index (κ3) is 6.35. The first-order valence-corrected chi connectivity index (χ1v) is 14.7. The maximum Gasteiger partial charge on any atom is 0.338 e. The Hall–Kier alpha value is -4.42. The number of allylic oxidation sites excluding steroid dienone is 1. The maximum absolute atomic E-state index is 13.9. The number of morpholine rings is 1. The van der Waals surface area contributed by atoms with E-state index in [2.05, 4.69) is 4.99 Å². The minimum absolute atomic E-state index is 0.0606. The van der Waals surface area contributed by atoms with Gasteiger partial charge in [0.2, 0.25) is 0 Å². The highest BCUT2D eigenvalue weighted by atomic mass is 32.1. The Morgan fingerprint density at radius 3 is 2.47 bits per heavy atom. The lowest BCUT2D eigenvalue weighted by Crippen LogP contribution is -2.42. The molecule has 1 aromatic heterocycles. The second kappa shape index (κ2) is 13.3. The fourth-order valence-electron chi connectivity index (χ4n) is 4.99. The van der Waals surface area contributed by atoms with E-state index in [1.807, 2.05) is 12.1 Å². The van der Waals surface area contributed by atoms with E-state index in [9.17, 15) is 14.4 Å². The summed E-state index contributed by atoms with van der Waals surface area (Å²) in [6.45, 7) is 5.76. The van der Waals surface area contributed by atoms with Crippen molar-refractivity contribution in [2.45, 2.75) is 19.9 Å². The number of carbonyl (C=O) groups is 2. The van der Waals surface area contributed by atoms with Gasteiger partial charge in [-0.15, -0.1) is 0 Å². The molecule has 43 heavy (non-hydrogen) atoms. The van der Waals surface area contributed by atoms with Crippen molar-refractivity contribution < 1.29 is 33.3 Å². The van der Waals surface area contributed by atoms with Crippen LogP contribution in [0.1, 0.15) is 31.0 Å². The number of amides is 1. The lowest BCUT2D eigenvalue weighted by Gasteiger charge is -2.26. The summed E-state index contributed by atoms with van der Waals surface area (Å²) >= 11 is 1.23. The van der Waals surface area contributed by atoms with Gasteiger partial charge in [-0.05, 0) is 49.8 Å². The molecule has 3 heterocycles. The zero-order chi connectivity index (χ0) is 30.5. The van der Waals surface area contributed by atoms with Gasteiger partial charge in [0.15, 0.2) is 11.4 Å². The van der Waals surface area contributed by atoms with Gasteiger partial charge in [0, 0.05) is 24.7 Å². The fourth-order valence-corrected chi connectivity index (χ4v) is 6.04. The first kappa shape index (κ1) is 30.1. The molecule has 0 bridgehead atoms. The third-order valence-electron chi connectivity index (χ3n) is 7.16. The van der Waals surface area contributed by atoms with Crippen LogP contribution in [-0.4, -0.2) is 75.1 Å². The molecule has 1 fully saturated rings.